The molecule has 0 aliphatic carbocycles. The fourth-order valence-corrected chi connectivity index (χ4v) is 1.91. The molecule has 0 radical (unpaired) electrons. The molecule has 1 unspecified atom stereocenters. The first-order valence-corrected chi connectivity index (χ1v) is 7.60. The zero-order valence-corrected chi connectivity index (χ0v) is 12.8. The highest BCUT2D eigenvalue weighted by Gasteiger charge is 2.10. The number of ether oxygens (including phenoxy) is 1. The van der Waals surface area contributed by atoms with E-state index in [-0.39, 0.29) is 12.4 Å². The van der Waals surface area contributed by atoms with Gasteiger partial charge in [-0.05, 0) is 25.8 Å². The summed E-state index contributed by atoms with van der Waals surface area (Å²) in [6, 6.07) is 0. The van der Waals surface area contributed by atoms with Crippen LogP contribution in [0.2, 0.25) is 0 Å². The first-order valence-electron chi connectivity index (χ1n) is 7.60. The van der Waals surface area contributed by atoms with Crippen molar-refractivity contribution in [3.8, 4) is 0 Å². The van der Waals surface area contributed by atoms with Crippen LogP contribution < -0.4 is 5.32 Å². The number of carbonyl (C=O) groups is 1. The van der Waals surface area contributed by atoms with Crippen LogP contribution in [0.3, 0.4) is 0 Å². The van der Waals surface area contributed by atoms with Crippen LogP contribution in [0.4, 0.5) is 0 Å². The lowest BCUT2D eigenvalue weighted by atomic mass is 10.0. The Morgan fingerprint density at radius 3 is 2.53 bits per heavy atom. The van der Waals surface area contributed by atoms with Crippen LogP contribution in [0.1, 0.15) is 59.3 Å². The van der Waals surface area contributed by atoms with E-state index in [1.165, 1.54) is 25.7 Å². The Kier molecular flexibility index (Phi) is 12.0. The molecular formula is C15H31NO3. The van der Waals surface area contributed by atoms with Crippen LogP contribution in [-0.2, 0) is 9.53 Å². The molecule has 0 rings (SSSR count). The minimum absolute atomic E-state index is 0.0786. The van der Waals surface area contributed by atoms with Gasteiger partial charge < -0.3 is 15.2 Å². The Hall–Kier alpha value is -0.610. The molecule has 0 fully saturated rings. The minimum Gasteiger partial charge on any atom is -0.466 e. The van der Waals surface area contributed by atoms with Crippen molar-refractivity contribution >= 4 is 5.97 Å². The molecule has 19 heavy (non-hydrogen) atoms. The van der Waals surface area contributed by atoms with Crippen LogP contribution in [0.15, 0.2) is 0 Å². The fourth-order valence-electron chi connectivity index (χ4n) is 1.91. The molecule has 0 aromatic rings. The third-order valence-electron chi connectivity index (χ3n) is 2.97. The molecule has 0 saturated carbocycles. The van der Waals surface area contributed by atoms with E-state index in [1.54, 1.807) is 6.92 Å². The maximum atomic E-state index is 11.1. The van der Waals surface area contributed by atoms with E-state index >= 15 is 0 Å². The average molecular weight is 273 g/mol. The summed E-state index contributed by atoms with van der Waals surface area (Å²) in [7, 11) is 0. The van der Waals surface area contributed by atoms with Crippen LogP contribution in [-0.4, -0.2) is 36.9 Å². The SMILES string of the molecule is CCOC(=O)CC(O)CNCCCCCCC(C)C. The van der Waals surface area contributed by atoms with Crippen LogP contribution in [0, 0.1) is 5.92 Å². The maximum Gasteiger partial charge on any atom is 0.308 e. The van der Waals surface area contributed by atoms with E-state index in [2.05, 4.69) is 19.2 Å². The van der Waals surface area contributed by atoms with Gasteiger partial charge in [0.15, 0.2) is 0 Å². The van der Waals surface area contributed by atoms with Crippen molar-refractivity contribution in [3.63, 3.8) is 0 Å². The van der Waals surface area contributed by atoms with Crippen LogP contribution >= 0.6 is 0 Å². The van der Waals surface area contributed by atoms with Crippen molar-refractivity contribution in [1.82, 2.24) is 5.32 Å². The quantitative estimate of drug-likeness (QED) is 0.424. The molecule has 0 spiro atoms. The van der Waals surface area contributed by atoms with Gasteiger partial charge in [0, 0.05) is 6.54 Å². The summed E-state index contributed by atoms with van der Waals surface area (Å²) in [4.78, 5) is 11.1. The summed E-state index contributed by atoms with van der Waals surface area (Å²) in [6.07, 6.45) is 5.70. The molecule has 0 aliphatic rings. The lowest BCUT2D eigenvalue weighted by molar-refractivity contribution is -0.145. The maximum absolute atomic E-state index is 11.1. The van der Waals surface area contributed by atoms with Gasteiger partial charge in [0.1, 0.15) is 0 Å². The largest absolute Gasteiger partial charge is 0.466 e. The van der Waals surface area contributed by atoms with Crippen molar-refractivity contribution in [1.29, 1.82) is 0 Å². The summed E-state index contributed by atoms with van der Waals surface area (Å²) in [6.45, 7) is 8.02. The number of aliphatic hydroxyl groups excluding tert-OH is 1. The molecule has 0 bridgehead atoms. The summed E-state index contributed by atoms with van der Waals surface area (Å²) in [5.74, 6) is 0.474. The lowest BCUT2D eigenvalue weighted by Crippen LogP contribution is -2.29. The predicted octanol–water partition coefficient (Wildman–Crippen LogP) is 2.50. The number of esters is 1. The second kappa shape index (κ2) is 12.4. The number of unbranched alkanes of at least 4 members (excludes halogenated alkanes) is 3. The average Bonchev–Trinajstić information content (AvgIpc) is 2.32. The van der Waals surface area contributed by atoms with E-state index in [1.807, 2.05) is 0 Å². The van der Waals surface area contributed by atoms with Gasteiger partial charge in [0.05, 0.1) is 19.1 Å². The van der Waals surface area contributed by atoms with Crippen molar-refractivity contribution < 1.29 is 14.6 Å². The number of nitrogens with one attached hydrogen (secondary N) is 1. The van der Waals surface area contributed by atoms with E-state index in [0.717, 1.165) is 18.9 Å². The molecular weight excluding hydrogens is 242 g/mol. The number of rotatable bonds is 12. The Balaban J connectivity index is 3.27. The molecule has 0 aromatic carbocycles. The van der Waals surface area contributed by atoms with Gasteiger partial charge in [0.2, 0.25) is 0 Å². The molecule has 0 amide bonds. The fraction of sp³-hybridized carbons (Fsp3) is 0.933. The summed E-state index contributed by atoms with van der Waals surface area (Å²) >= 11 is 0. The summed E-state index contributed by atoms with van der Waals surface area (Å²) in [5.41, 5.74) is 0. The third kappa shape index (κ3) is 13.6. The number of hydrogen-bond acceptors (Lipinski definition) is 4. The minimum atomic E-state index is -0.639. The molecule has 0 aliphatic heterocycles. The van der Waals surface area contributed by atoms with E-state index in [0.29, 0.717) is 13.2 Å². The lowest BCUT2D eigenvalue weighted by Gasteiger charge is -2.11. The second-order valence-corrected chi connectivity index (χ2v) is 5.46. The number of carbonyl (C=O) groups excluding carboxylic acids is 1. The normalized spacial score (nSPS) is 12.7. The van der Waals surface area contributed by atoms with Gasteiger partial charge in [-0.3, -0.25) is 4.79 Å². The first-order chi connectivity index (χ1) is 9.06. The standard InChI is InChI=1S/C15H31NO3/c1-4-19-15(18)11-14(17)12-16-10-8-6-5-7-9-13(2)3/h13-14,16-17H,4-12H2,1-3H3. The Morgan fingerprint density at radius 1 is 1.21 bits per heavy atom. The van der Waals surface area contributed by atoms with Gasteiger partial charge in [0.25, 0.3) is 0 Å². The van der Waals surface area contributed by atoms with Crippen molar-refractivity contribution in [2.75, 3.05) is 19.7 Å². The molecule has 0 saturated heterocycles. The number of aliphatic hydroxyl groups is 1. The first kappa shape index (κ1) is 18.4. The van der Waals surface area contributed by atoms with E-state index < -0.39 is 6.10 Å². The number of hydrogen-bond donors (Lipinski definition) is 2. The highest BCUT2D eigenvalue weighted by molar-refractivity contribution is 5.69. The van der Waals surface area contributed by atoms with E-state index in [4.69, 9.17) is 4.74 Å². The highest BCUT2D eigenvalue weighted by atomic mass is 16.5. The summed E-state index contributed by atoms with van der Waals surface area (Å²) < 4.78 is 4.78. The van der Waals surface area contributed by atoms with Gasteiger partial charge in [-0.15, -0.1) is 0 Å². The van der Waals surface area contributed by atoms with Gasteiger partial charge in [-0.25, -0.2) is 0 Å². The molecule has 4 nitrogen and oxygen atoms in total. The van der Waals surface area contributed by atoms with Gasteiger partial charge in [-0.2, -0.15) is 0 Å². The van der Waals surface area contributed by atoms with Crippen LogP contribution in [0.5, 0.6) is 0 Å². The summed E-state index contributed by atoms with van der Waals surface area (Å²) in [5, 5.41) is 12.8. The molecule has 0 aromatic heterocycles. The predicted molar refractivity (Wildman–Crippen MR) is 78.0 cm³/mol. The Bertz CT molecular complexity index is 219. The van der Waals surface area contributed by atoms with Crippen LogP contribution in [0.25, 0.3) is 0 Å². The van der Waals surface area contributed by atoms with Gasteiger partial charge >= 0.3 is 5.97 Å². The molecule has 114 valence electrons. The van der Waals surface area contributed by atoms with Crippen molar-refractivity contribution in [2.24, 2.45) is 5.92 Å². The molecule has 1 atom stereocenters. The Morgan fingerprint density at radius 2 is 1.89 bits per heavy atom. The topological polar surface area (TPSA) is 58.6 Å². The monoisotopic (exact) mass is 273 g/mol. The van der Waals surface area contributed by atoms with Crippen molar-refractivity contribution in [2.45, 2.75) is 65.4 Å². The van der Waals surface area contributed by atoms with Gasteiger partial charge in [-0.1, -0.05) is 39.5 Å². The van der Waals surface area contributed by atoms with E-state index in [9.17, 15) is 9.90 Å². The van der Waals surface area contributed by atoms with Crippen molar-refractivity contribution in [3.05, 3.63) is 0 Å². The molecule has 0 heterocycles. The highest BCUT2D eigenvalue weighted by Crippen LogP contribution is 2.08. The zero-order valence-electron chi connectivity index (χ0n) is 12.8. The molecule has 2 N–H and O–H groups in total. The smallest absolute Gasteiger partial charge is 0.308 e. The third-order valence-corrected chi connectivity index (χ3v) is 2.97. The zero-order chi connectivity index (χ0) is 14.5. The molecule has 4 heteroatoms. The second-order valence-electron chi connectivity index (χ2n) is 5.46. The Labute approximate surface area is 117 Å².